The van der Waals surface area contributed by atoms with Crippen molar-refractivity contribution in [2.75, 3.05) is 0 Å². The summed E-state index contributed by atoms with van der Waals surface area (Å²) in [6, 6.07) is 20.8. The topological polar surface area (TPSA) is 93.8 Å². The second kappa shape index (κ2) is 9.03. The first kappa shape index (κ1) is 20.6. The summed E-state index contributed by atoms with van der Waals surface area (Å²) in [4.78, 5) is 27.7. The molecule has 0 atom stereocenters. The number of carbonyl (C=O) groups excluding carboxylic acids is 1. The molecular formula is C22H14ClN3O4S. The molecule has 0 radical (unpaired) electrons. The Morgan fingerprint density at radius 1 is 1.03 bits per heavy atom. The number of ether oxygens (including phenoxy) is 1. The molecule has 3 aromatic carbocycles. The van der Waals surface area contributed by atoms with Gasteiger partial charge in [0.05, 0.1) is 9.83 Å². The molecule has 1 aliphatic rings. The van der Waals surface area contributed by atoms with Gasteiger partial charge in [0.25, 0.3) is 11.6 Å². The van der Waals surface area contributed by atoms with Crippen LogP contribution in [0.4, 0.5) is 11.4 Å². The lowest BCUT2D eigenvalue weighted by Crippen LogP contribution is -2.19. The molecule has 0 spiro atoms. The lowest BCUT2D eigenvalue weighted by Gasteiger charge is -2.06. The number of aliphatic imine (C=N–C) groups is 1. The predicted octanol–water partition coefficient (Wildman–Crippen LogP) is 5.93. The van der Waals surface area contributed by atoms with E-state index in [1.807, 2.05) is 54.6 Å². The highest BCUT2D eigenvalue weighted by Crippen LogP contribution is 2.34. The number of halogens is 1. The maximum Gasteiger partial charge on any atom is 0.296 e. The fourth-order valence-electron chi connectivity index (χ4n) is 2.77. The van der Waals surface area contributed by atoms with E-state index in [-0.39, 0.29) is 27.5 Å². The average Bonchev–Trinajstić information content (AvgIpc) is 3.09. The lowest BCUT2D eigenvalue weighted by molar-refractivity contribution is -0.384. The molecular weight excluding hydrogens is 438 g/mol. The highest BCUT2D eigenvalue weighted by atomic mass is 35.5. The van der Waals surface area contributed by atoms with Crippen LogP contribution in [0.2, 0.25) is 5.02 Å². The molecule has 1 fully saturated rings. The maximum atomic E-state index is 12.4. The van der Waals surface area contributed by atoms with Crippen LogP contribution >= 0.6 is 23.4 Å². The number of hydrogen-bond acceptors (Lipinski definition) is 6. The average molecular weight is 452 g/mol. The third-order valence-corrected chi connectivity index (χ3v) is 5.29. The number of amides is 1. The minimum atomic E-state index is -0.568. The van der Waals surface area contributed by atoms with Crippen LogP contribution in [-0.4, -0.2) is 16.0 Å². The third-order valence-electron chi connectivity index (χ3n) is 4.14. The first-order valence-corrected chi connectivity index (χ1v) is 10.2. The number of thioether (sulfide) groups is 1. The zero-order valence-corrected chi connectivity index (χ0v) is 17.4. The van der Waals surface area contributed by atoms with Gasteiger partial charge in [0.2, 0.25) is 0 Å². The number of nitro groups is 1. The smallest absolute Gasteiger partial charge is 0.296 e. The monoisotopic (exact) mass is 451 g/mol. The van der Waals surface area contributed by atoms with E-state index in [4.69, 9.17) is 16.3 Å². The molecule has 9 heteroatoms. The van der Waals surface area contributed by atoms with Crippen molar-refractivity contribution in [1.29, 1.82) is 0 Å². The molecule has 31 heavy (non-hydrogen) atoms. The van der Waals surface area contributed by atoms with Gasteiger partial charge in [-0.3, -0.25) is 14.9 Å². The summed E-state index contributed by atoms with van der Waals surface area (Å²) in [7, 11) is 0. The van der Waals surface area contributed by atoms with Crippen molar-refractivity contribution in [3.8, 4) is 11.5 Å². The van der Waals surface area contributed by atoms with Gasteiger partial charge in [-0.15, -0.1) is 0 Å². The van der Waals surface area contributed by atoms with Gasteiger partial charge in [-0.2, -0.15) is 0 Å². The van der Waals surface area contributed by atoms with E-state index in [0.29, 0.717) is 16.4 Å². The molecule has 7 nitrogen and oxygen atoms in total. The number of para-hydroxylation sites is 1. The van der Waals surface area contributed by atoms with Crippen molar-refractivity contribution < 1.29 is 14.5 Å². The Hall–Kier alpha value is -3.62. The Bertz CT molecular complexity index is 1230. The Kier molecular flexibility index (Phi) is 6.01. The number of nitro benzene ring substituents is 1. The van der Waals surface area contributed by atoms with Crippen molar-refractivity contribution in [3.63, 3.8) is 0 Å². The van der Waals surface area contributed by atoms with Crippen molar-refractivity contribution in [1.82, 2.24) is 5.32 Å². The molecule has 0 saturated carbocycles. The number of carbonyl (C=O) groups is 1. The van der Waals surface area contributed by atoms with Crippen molar-refractivity contribution in [3.05, 3.63) is 98.4 Å². The highest BCUT2D eigenvalue weighted by molar-refractivity contribution is 8.18. The van der Waals surface area contributed by atoms with E-state index >= 15 is 0 Å². The first-order valence-electron chi connectivity index (χ1n) is 9.04. The summed E-state index contributed by atoms with van der Waals surface area (Å²) in [5.74, 6) is 1.00. The number of amidine groups is 1. The van der Waals surface area contributed by atoms with Gasteiger partial charge >= 0.3 is 0 Å². The second-order valence-electron chi connectivity index (χ2n) is 6.36. The summed E-state index contributed by atoms with van der Waals surface area (Å²) >= 11 is 6.93. The van der Waals surface area contributed by atoms with Gasteiger partial charge < -0.3 is 10.1 Å². The summed E-state index contributed by atoms with van der Waals surface area (Å²) < 4.78 is 5.82. The van der Waals surface area contributed by atoms with Crippen molar-refractivity contribution in [2.45, 2.75) is 0 Å². The lowest BCUT2D eigenvalue weighted by atomic mass is 10.2. The maximum absolute atomic E-state index is 12.4. The van der Waals surface area contributed by atoms with Crippen LogP contribution in [0.25, 0.3) is 6.08 Å². The van der Waals surface area contributed by atoms with Gasteiger partial charge in [0.1, 0.15) is 17.2 Å². The van der Waals surface area contributed by atoms with Gasteiger partial charge in [0, 0.05) is 11.1 Å². The van der Waals surface area contributed by atoms with Crippen LogP contribution in [0.5, 0.6) is 11.5 Å². The quantitative estimate of drug-likeness (QED) is 0.294. The fraction of sp³-hybridized carbons (Fsp3) is 0. The summed E-state index contributed by atoms with van der Waals surface area (Å²) in [5.41, 5.74) is 0.638. The zero-order chi connectivity index (χ0) is 21.8. The SMILES string of the molecule is O=C1NC(=Nc2ccc(Cl)cc2[N+](=O)[O-])S/C1=C/c1cccc(Oc2ccccc2)c1. The van der Waals surface area contributed by atoms with E-state index in [1.165, 1.54) is 18.2 Å². The Labute approximate surface area is 186 Å². The van der Waals surface area contributed by atoms with Crippen molar-refractivity contribution in [2.24, 2.45) is 4.99 Å². The van der Waals surface area contributed by atoms with E-state index in [0.717, 1.165) is 17.3 Å². The van der Waals surface area contributed by atoms with Crippen LogP contribution in [0, 0.1) is 10.1 Å². The minimum absolute atomic E-state index is 0.108. The number of nitrogens with one attached hydrogen (secondary N) is 1. The zero-order valence-electron chi connectivity index (χ0n) is 15.8. The first-order chi connectivity index (χ1) is 15.0. The molecule has 1 amide bonds. The molecule has 0 aromatic heterocycles. The Morgan fingerprint density at radius 3 is 2.58 bits per heavy atom. The molecule has 3 aromatic rings. The molecule has 0 unspecified atom stereocenters. The van der Waals surface area contributed by atoms with Gasteiger partial charge in [-0.25, -0.2) is 4.99 Å². The molecule has 154 valence electrons. The molecule has 0 aliphatic carbocycles. The Balaban J connectivity index is 1.56. The van der Waals surface area contributed by atoms with E-state index in [1.54, 1.807) is 6.08 Å². The molecule has 1 N–H and O–H groups in total. The van der Waals surface area contributed by atoms with Crippen LogP contribution in [0.15, 0.2) is 82.7 Å². The highest BCUT2D eigenvalue weighted by Gasteiger charge is 2.25. The largest absolute Gasteiger partial charge is 0.457 e. The third kappa shape index (κ3) is 5.11. The number of benzene rings is 3. The van der Waals surface area contributed by atoms with E-state index < -0.39 is 4.92 Å². The van der Waals surface area contributed by atoms with E-state index in [9.17, 15) is 14.9 Å². The summed E-state index contributed by atoms with van der Waals surface area (Å²) in [6.45, 7) is 0. The van der Waals surface area contributed by atoms with Gasteiger partial charge in [-0.05, 0) is 59.8 Å². The van der Waals surface area contributed by atoms with Crippen LogP contribution in [0.1, 0.15) is 5.56 Å². The standard InChI is InChI=1S/C22H14ClN3O4S/c23-15-9-10-18(19(13-15)26(28)29)24-22-25-21(27)20(31-22)12-14-5-4-8-17(11-14)30-16-6-2-1-3-7-16/h1-13H,(H,24,25,27)/b20-12+. The molecule has 1 saturated heterocycles. The van der Waals surface area contributed by atoms with Crippen LogP contribution in [0.3, 0.4) is 0 Å². The molecule has 1 heterocycles. The number of hydrogen-bond donors (Lipinski definition) is 1. The predicted molar refractivity (Wildman–Crippen MR) is 122 cm³/mol. The molecule has 1 aliphatic heterocycles. The normalized spacial score (nSPS) is 15.8. The van der Waals surface area contributed by atoms with Crippen LogP contribution < -0.4 is 10.1 Å². The van der Waals surface area contributed by atoms with Gasteiger partial charge in [0.15, 0.2) is 5.17 Å². The summed E-state index contributed by atoms with van der Waals surface area (Å²) in [6.07, 6.45) is 1.71. The number of nitrogens with zero attached hydrogens (tertiary/aromatic N) is 2. The van der Waals surface area contributed by atoms with Crippen LogP contribution in [-0.2, 0) is 4.79 Å². The van der Waals surface area contributed by atoms with E-state index in [2.05, 4.69) is 10.3 Å². The minimum Gasteiger partial charge on any atom is -0.457 e. The molecule has 0 bridgehead atoms. The summed E-state index contributed by atoms with van der Waals surface area (Å²) in [5, 5.41) is 14.3. The van der Waals surface area contributed by atoms with Crippen molar-refractivity contribution >= 4 is 51.9 Å². The Morgan fingerprint density at radius 2 is 1.81 bits per heavy atom. The molecule has 4 rings (SSSR count). The second-order valence-corrected chi connectivity index (χ2v) is 7.83. The fourth-order valence-corrected chi connectivity index (χ4v) is 3.77. The number of rotatable bonds is 5. The van der Waals surface area contributed by atoms with Gasteiger partial charge in [-0.1, -0.05) is 41.9 Å².